The van der Waals surface area contributed by atoms with Crippen LogP contribution in [0.15, 0.2) is 22.7 Å². The van der Waals surface area contributed by atoms with Gasteiger partial charge < -0.3 is 10.2 Å². The molecule has 0 aromatic heterocycles. The van der Waals surface area contributed by atoms with Crippen molar-refractivity contribution in [1.82, 2.24) is 5.32 Å². The third-order valence-electron chi connectivity index (χ3n) is 4.45. The molecule has 2 atom stereocenters. The summed E-state index contributed by atoms with van der Waals surface area (Å²) >= 11 is 3.62. The highest BCUT2D eigenvalue weighted by molar-refractivity contribution is 9.10. The van der Waals surface area contributed by atoms with E-state index in [1.807, 2.05) is 0 Å². The first-order chi connectivity index (χ1) is 9.61. The molecule has 2 nitrogen and oxygen atoms in total. The van der Waals surface area contributed by atoms with Gasteiger partial charge in [-0.1, -0.05) is 48.7 Å². The van der Waals surface area contributed by atoms with Crippen molar-refractivity contribution in [2.45, 2.75) is 52.1 Å². The van der Waals surface area contributed by atoms with Gasteiger partial charge in [0.25, 0.3) is 0 Å². The van der Waals surface area contributed by atoms with Crippen LogP contribution in [0.5, 0.6) is 0 Å². The lowest BCUT2D eigenvalue weighted by atomic mass is 9.86. The first-order valence-electron chi connectivity index (χ1n) is 7.83. The third-order valence-corrected chi connectivity index (χ3v) is 4.94. The van der Waals surface area contributed by atoms with Gasteiger partial charge in [-0.3, -0.25) is 0 Å². The summed E-state index contributed by atoms with van der Waals surface area (Å²) < 4.78 is 1.17. The maximum atomic E-state index is 3.62. The standard InChI is InChI=1S/C17H27BrN2/c1-4-19-12-14-8-9-15(18)11-17(14)20(3)16-7-5-6-13(2)10-16/h8-9,11,13,16,19H,4-7,10,12H2,1-3H3. The number of nitrogens with one attached hydrogen (secondary N) is 1. The number of hydrogen-bond donors (Lipinski definition) is 1. The molecular weight excluding hydrogens is 312 g/mol. The van der Waals surface area contributed by atoms with E-state index in [1.165, 1.54) is 41.4 Å². The zero-order valence-corrected chi connectivity index (χ0v) is 14.5. The Kier molecular flexibility index (Phi) is 5.91. The molecule has 0 spiro atoms. The first kappa shape index (κ1) is 15.8. The van der Waals surface area contributed by atoms with Gasteiger partial charge in [-0.05, 0) is 43.0 Å². The predicted molar refractivity (Wildman–Crippen MR) is 91.3 cm³/mol. The Hall–Kier alpha value is -0.540. The van der Waals surface area contributed by atoms with Crippen LogP contribution in [0.1, 0.15) is 45.1 Å². The van der Waals surface area contributed by atoms with E-state index in [2.05, 4.69) is 65.2 Å². The Balaban J connectivity index is 2.18. The van der Waals surface area contributed by atoms with Crippen molar-refractivity contribution in [3.63, 3.8) is 0 Å². The first-order valence-corrected chi connectivity index (χ1v) is 8.63. The summed E-state index contributed by atoms with van der Waals surface area (Å²) in [5.41, 5.74) is 2.77. The fourth-order valence-electron chi connectivity index (χ4n) is 3.23. The number of benzene rings is 1. The molecule has 1 aliphatic carbocycles. The second-order valence-electron chi connectivity index (χ2n) is 6.09. The molecule has 2 rings (SSSR count). The van der Waals surface area contributed by atoms with Crippen LogP contribution in [-0.4, -0.2) is 19.6 Å². The van der Waals surface area contributed by atoms with Crippen LogP contribution in [0.2, 0.25) is 0 Å². The second-order valence-corrected chi connectivity index (χ2v) is 7.01. The van der Waals surface area contributed by atoms with Crippen molar-refractivity contribution < 1.29 is 0 Å². The predicted octanol–water partition coefficient (Wildman–Crippen LogP) is 4.57. The van der Waals surface area contributed by atoms with E-state index in [9.17, 15) is 0 Å². The van der Waals surface area contributed by atoms with Crippen LogP contribution >= 0.6 is 15.9 Å². The summed E-state index contributed by atoms with van der Waals surface area (Å²) in [6.45, 7) is 6.51. The summed E-state index contributed by atoms with van der Waals surface area (Å²) in [4.78, 5) is 2.51. The number of nitrogens with zero attached hydrogens (tertiary/aromatic N) is 1. The van der Waals surface area contributed by atoms with Gasteiger partial charge in [0, 0.05) is 29.8 Å². The number of anilines is 1. The average Bonchev–Trinajstić information content (AvgIpc) is 2.45. The molecule has 1 aromatic carbocycles. The largest absolute Gasteiger partial charge is 0.371 e. The summed E-state index contributed by atoms with van der Waals surface area (Å²) in [5.74, 6) is 0.862. The summed E-state index contributed by atoms with van der Waals surface area (Å²) in [7, 11) is 2.26. The molecule has 0 saturated heterocycles. The summed E-state index contributed by atoms with van der Waals surface area (Å²) in [6.07, 6.45) is 5.41. The summed E-state index contributed by atoms with van der Waals surface area (Å²) in [5, 5.41) is 3.45. The Labute approximate surface area is 132 Å². The Morgan fingerprint density at radius 1 is 1.35 bits per heavy atom. The lowest BCUT2D eigenvalue weighted by molar-refractivity contribution is 0.336. The van der Waals surface area contributed by atoms with Crippen LogP contribution in [0.25, 0.3) is 0 Å². The van der Waals surface area contributed by atoms with Crippen LogP contribution in [0, 0.1) is 5.92 Å². The Morgan fingerprint density at radius 2 is 2.15 bits per heavy atom. The number of halogens is 1. The zero-order valence-electron chi connectivity index (χ0n) is 13.0. The van der Waals surface area contributed by atoms with Crippen LogP contribution in [-0.2, 0) is 6.54 Å². The lowest BCUT2D eigenvalue weighted by Gasteiger charge is -2.36. The molecule has 20 heavy (non-hydrogen) atoms. The fraction of sp³-hybridized carbons (Fsp3) is 0.647. The van der Waals surface area contributed by atoms with Crippen molar-refractivity contribution in [3.8, 4) is 0 Å². The van der Waals surface area contributed by atoms with Gasteiger partial charge >= 0.3 is 0 Å². The minimum atomic E-state index is 0.688. The lowest BCUT2D eigenvalue weighted by Crippen LogP contribution is -2.36. The molecule has 1 N–H and O–H groups in total. The highest BCUT2D eigenvalue weighted by atomic mass is 79.9. The molecular formula is C17H27BrN2. The van der Waals surface area contributed by atoms with Crippen LogP contribution in [0.4, 0.5) is 5.69 Å². The van der Waals surface area contributed by atoms with Gasteiger partial charge in [-0.25, -0.2) is 0 Å². The molecule has 1 aromatic rings. The maximum absolute atomic E-state index is 3.62. The smallest absolute Gasteiger partial charge is 0.0423 e. The highest BCUT2D eigenvalue weighted by Crippen LogP contribution is 2.32. The minimum absolute atomic E-state index is 0.688. The molecule has 0 bridgehead atoms. The molecule has 1 aliphatic rings. The van der Waals surface area contributed by atoms with Gasteiger partial charge in [0.05, 0.1) is 0 Å². The zero-order chi connectivity index (χ0) is 14.5. The molecule has 112 valence electrons. The fourth-order valence-corrected chi connectivity index (χ4v) is 3.57. The SMILES string of the molecule is CCNCc1ccc(Br)cc1N(C)C1CCCC(C)C1. The number of rotatable bonds is 5. The normalized spacial score (nSPS) is 22.8. The van der Waals surface area contributed by atoms with Crippen molar-refractivity contribution >= 4 is 21.6 Å². The quantitative estimate of drug-likeness (QED) is 0.845. The summed E-state index contributed by atoms with van der Waals surface area (Å²) in [6, 6.07) is 7.35. The van der Waals surface area contributed by atoms with E-state index in [1.54, 1.807) is 0 Å². The highest BCUT2D eigenvalue weighted by Gasteiger charge is 2.23. The third kappa shape index (κ3) is 3.98. The van der Waals surface area contributed by atoms with Crippen molar-refractivity contribution in [2.75, 3.05) is 18.5 Å². The van der Waals surface area contributed by atoms with E-state index >= 15 is 0 Å². The molecule has 0 radical (unpaired) electrons. The second kappa shape index (κ2) is 7.46. The molecule has 0 heterocycles. The van der Waals surface area contributed by atoms with Crippen molar-refractivity contribution in [1.29, 1.82) is 0 Å². The van der Waals surface area contributed by atoms with Gasteiger partial charge in [0.2, 0.25) is 0 Å². The van der Waals surface area contributed by atoms with Crippen LogP contribution in [0.3, 0.4) is 0 Å². The molecule has 0 amide bonds. The molecule has 3 heteroatoms. The van der Waals surface area contributed by atoms with E-state index in [0.717, 1.165) is 19.0 Å². The molecule has 1 fully saturated rings. The van der Waals surface area contributed by atoms with Crippen molar-refractivity contribution in [2.24, 2.45) is 5.92 Å². The van der Waals surface area contributed by atoms with Gasteiger partial charge in [0.15, 0.2) is 0 Å². The van der Waals surface area contributed by atoms with Gasteiger partial charge in [-0.2, -0.15) is 0 Å². The topological polar surface area (TPSA) is 15.3 Å². The van der Waals surface area contributed by atoms with E-state index in [-0.39, 0.29) is 0 Å². The Bertz CT molecular complexity index is 433. The monoisotopic (exact) mass is 338 g/mol. The molecule has 2 unspecified atom stereocenters. The van der Waals surface area contributed by atoms with Crippen molar-refractivity contribution in [3.05, 3.63) is 28.2 Å². The van der Waals surface area contributed by atoms with E-state index < -0.39 is 0 Å². The minimum Gasteiger partial charge on any atom is -0.371 e. The Morgan fingerprint density at radius 3 is 2.85 bits per heavy atom. The molecule has 0 aliphatic heterocycles. The molecule has 1 saturated carbocycles. The average molecular weight is 339 g/mol. The van der Waals surface area contributed by atoms with Crippen LogP contribution < -0.4 is 10.2 Å². The van der Waals surface area contributed by atoms with E-state index in [4.69, 9.17) is 0 Å². The maximum Gasteiger partial charge on any atom is 0.0423 e. The van der Waals surface area contributed by atoms with Gasteiger partial charge in [0.1, 0.15) is 0 Å². The number of hydrogen-bond acceptors (Lipinski definition) is 2. The van der Waals surface area contributed by atoms with E-state index in [0.29, 0.717) is 6.04 Å². The van der Waals surface area contributed by atoms with Gasteiger partial charge in [-0.15, -0.1) is 0 Å².